The minimum absolute atomic E-state index is 0.579. The maximum atomic E-state index is 10.3. The smallest absolute Gasteiger partial charge is 0.216 e. The van der Waals surface area contributed by atoms with E-state index in [1.54, 1.807) is 7.11 Å². The van der Waals surface area contributed by atoms with Crippen molar-refractivity contribution in [2.24, 2.45) is 0 Å². The van der Waals surface area contributed by atoms with Crippen molar-refractivity contribution in [3.63, 3.8) is 0 Å². The topological polar surface area (TPSA) is 39.2 Å². The molecule has 1 aromatic heterocycles. The van der Waals surface area contributed by atoms with E-state index in [0.717, 1.165) is 35.6 Å². The van der Waals surface area contributed by atoms with E-state index in [4.69, 9.17) is 4.74 Å². The van der Waals surface area contributed by atoms with E-state index >= 15 is 0 Å². The summed E-state index contributed by atoms with van der Waals surface area (Å²) in [5.41, 5.74) is 2.00. The molecule has 2 aromatic rings. The summed E-state index contributed by atoms with van der Waals surface area (Å²) in [5.74, 6) is 0.662. The van der Waals surface area contributed by atoms with Gasteiger partial charge in [0.2, 0.25) is 5.88 Å². The molecular formula is C14H15NO2. The zero-order valence-electron chi connectivity index (χ0n) is 9.85. The number of rotatable bonds is 5. The Labute approximate surface area is 100 Å². The first kappa shape index (κ1) is 11.6. The molecule has 3 heteroatoms. The van der Waals surface area contributed by atoms with Gasteiger partial charge in [0.25, 0.3) is 0 Å². The number of pyridine rings is 1. The van der Waals surface area contributed by atoms with Crippen molar-refractivity contribution in [1.82, 2.24) is 4.98 Å². The maximum absolute atomic E-state index is 10.3. The van der Waals surface area contributed by atoms with Crippen LogP contribution in [0.25, 0.3) is 10.9 Å². The second-order valence-corrected chi connectivity index (χ2v) is 3.91. The Morgan fingerprint density at radius 2 is 2.18 bits per heavy atom. The Morgan fingerprint density at radius 1 is 1.35 bits per heavy atom. The van der Waals surface area contributed by atoms with Gasteiger partial charge in [-0.1, -0.05) is 18.2 Å². The molecule has 0 atom stereocenters. The Kier molecular flexibility index (Phi) is 3.70. The number of carbonyl (C=O) groups excluding carboxylic acids is 1. The number of benzene rings is 1. The van der Waals surface area contributed by atoms with Gasteiger partial charge >= 0.3 is 0 Å². The number of aromatic nitrogens is 1. The van der Waals surface area contributed by atoms with E-state index in [2.05, 4.69) is 11.1 Å². The second kappa shape index (κ2) is 5.43. The van der Waals surface area contributed by atoms with Gasteiger partial charge in [0, 0.05) is 17.4 Å². The van der Waals surface area contributed by atoms with Gasteiger partial charge in [0.1, 0.15) is 6.29 Å². The molecule has 0 aliphatic rings. The minimum atomic E-state index is 0.579. The highest BCUT2D eigenvalue weighted by molar-refractivity contribution is 5.80. The van der Waals surface area contributed by atoms with Gasteiger partial charge < -0.3 is 9.53 Å². The molecule has 0 N–H and O–H groups in total. The predicted octanol–water partition coefficient (Wildman–Crippen LogP) is 2.77. The number of nitrogens with zero attached hydrogens (tertiary/aromatic N) is 1. The van der Waals surface area contributed by atoms with Gasteiger partial charge in [-0.15, -0.1) is 0 Å². The van der Waals surface area contributed by atoms with Gasteiger partial charge in [-0.3, -0.25) is 0 Å². The van der Waals surface area contributed by atoms with Gasteiger partial charge in [0.15, 0.2) is 0 Å². The fourth-order valence-electron chi connectivity index (χ4n) is 1.87. The molecule has 0 amide bonds. The van der Waals surface area contributed by atoms with Crippen LogP contribution in [-0.4, -0.2) is 18.4 Å². The van der Waals surface area contributed by atoms with E-state index in [1.807, 2.05) is 24.3 Å². The highest BCUT2D eigenvalue weighted by atomic mass is 16.5. The third-order valence-electron chi connectivity index (χ3n) is 2.72. The number of ether oxygens (including phenoxy) is 1. The summed E-state index contributed by atoms with van der Waals surface area (Å²) in [6.07, 6.45) is 3.18. The number of hydrogen-bond acceptors (Lipinski definition) is 3. The number of fused-ring (bicyclic) bond motifs is 1. The second-order valence-electron chi connectivity index (χ2n) is 3.91. The first-order valence-corrected chi connectivity index (χ1v) is 5.71. The van der Waals surface area contributed by atoms with E-state index in [1.165, 1.54) is 0 Å². The number of aldehydes is 1. The fourth-order valence-corrected chi connectivity index (χ4v) is 1.87. The van der Waals surface area contributed by atoms with Crippen LogP contribution in [0.4, 0.5) is 0 Å². The highest BCUT2D eigenvalue weighted by Crippen LogP contribution is 2.23. The summed E-state index contributed by atoms with van der Waals surface area (Å²) in [4.78, 5) is 14.8. The molecule has 0 radical (unpaired) electrons. The third kappa shape index (κ3) is 2.61. The van der Waals surface area contributed by atoms with Gasteiger partial charge in [0.05, 0.1) is 12.6 Å². The quantitative estimate of drug-likeness (QED) is 0.584. The molecule has 0 spiro atoms. The van der Waals surface area contributed by atoms with Crippen molar-refractivity contribution < 1.29 is 9.53 Å². The molecule has 0 fully saturated rings. The number of para-hydroxylation sites is 1. The van der Waals surface area contributed by atoms with Crippen LogP contribution in [0.15, 0.2) is 30.3 Å². The van der Waals surface area contributed by atoms with Crippen LogP contribution in [0.3, 0.4) is 0 Å². The number of carbonyl (C=O) groups is 1. The molecule has 2 rings (SSSR count). The van der Waals surface area contributed by atoms with Gasteiger partial charge in [-0.2, -0.15) is 0 Å². The number of unbranched alkanes of at least 4 members (excludes halogenated alkanes) is 1. The van der Waals surface area contributed by atoms with Crippen LogP contribution >= 0.6 is 0 Å². The molecular weight excluding hydrogens is 214 g/mol. The molecule has 1 heterocycles. The van der Waals surface area contributed by atoms with E-state index in [-0.39, 0.29) is 0 Å². The van der Waals surface area contributed by atoms with E-state index < -0.39 is 0 Å². The molecule has 3 nitrogen and oxygen atoms in total. The van der Waals surface area contributed by atoms with Crippen molar-refractivity contribution in [1.29, 1.82) is 0 Å². The van der Waals surface area contributed by atoms with Crippen molar-refractivity contribution in [2.45, 2.75) is 19.3 Å². The molecule has 0 aliphatic carbocycles. The van der Waals surface area contributed by atoms with E-state index in [9.17, 15) is 4.79 Å². The first-order chi connectivity index (χ1) is 8.35. The fraction of sp³-hybridized carbons (Fsp3) is 0.286. The Balaban J connectivity index is 2.35. The lowest BCUT2D eigenvalue weighted by Gasteiger charge is -2.08. The highest BCUT2D eigenvalue weighted by Gasteiger charge is 2.06. The zero-order valence-corrected chi connectivity index (χ0v) is 9.85. The standard InChI is InChI=1S/C14H15NO2/c1-17-14-12(7-4-5-9-16)10-11-6-2-3-8-13(11)15-14/h2-3,6,8-10H,4-5,7H2,1H3. The van der Waals surface area contributed by atoms with E-state index in [0.29, 0.717) is 12.3 Å². The predicted molar refractivity (Wildman–Crippen MR) is 67.3 cm³/mol. The largest absolute Gasteiger partial charge is 0.481 e. The van der Waals surface area contributed by atoms with Crippen LogP contribution < -0.4 is 4.74 Å². The molecule has 0 saturated heterocycles. The SMILES string of the molecule is COc1nc2ccccc2cc1CCCC=O. The summed E-state index contributed by atoms with van der Waals surface area (Å²) in [5, 5.41) is 1.11. The Morgan fingerprint density at radius 3 is 2.94 bits per heavy atom. The summed E-state index contributed by atoms with van der Waals surface area (Å²) in [7, 11) is 1.63. The van der Waals surface area contributed by atoms with Crippen LogP contribution in [0, 0.1) is 0 Å². The van der Waals surface area contributed by atoms with Crippen LogP contribution in [-0.2, 0) is 11.2 Å². The normalized spacial score (nSPS) is 10.4. The molecule has 1 aromatic carbocycles. The van der Waals surface area contributed by atoms with Gasteiger partial charge in [-0.05, 0) is 25.0 Å². The molecule has 17 heavy (non-hydrogen) atoms. The maximum Gasteiger partial charge on any atom is 0.216 e. The van der Waals surface area contributed by atoms with Crippen molar-refractivity contribution in [2.75, 3.05) is 7.11 Å². The lowest BCUT2D eigenvalue weighted by molar-refractivity contribution is -0.107. The lowest BCUT2D eigenvalue weighted by atomic mass is 10.1. The Bertz CT molecular complexity index is 523. The molecule has 0 saturated carbocycles. The van der Waals surface area contributed by atoms with Crippen LogP contribution in [0.1, 0.15) is 18.4 Å². The molecule has 88 valence electrons. The zero-order chi connectivity index (χ0) is 12.1. The average Bonchev–Trinajstić information content (AvgIpc) is 2.38. The molecule has 0 unspecified atom stereocenters. The Hall–Kier alpha value is -1.90. The van der Waals surface area contributed by atoms with Crippen molar-refractivity contribution in [3.05, 3.63) is 35.9 Å². The third-order valence-corrected chi connectivity index (χ3v) is 2.72. The van der Waals surface area contributed by atoms with Gasteiger partial charge in [-0.25, -0.2) is 4.98 Å². The molecule has 0 aliphatic heterocycles. The monoisotopic (exact) mass is 229 g/mol. The number of methoxy groups -OCH3 is 1. The summed E-state index contributed by atoms with van der Waals surface area (Å²) in [6, 6.07) is 10.0. The summed E-state index contributed by atoms with van der Waals surface area (Å²) < 4.78 is 5.28. The van der Waals surface area contributed by atoms with Crippen molar-refractivity contribution >= 4 is 17.2 Å². The van der Waals surface area contributed by atoms with Crippen molar-refractivity contribution in [3.8, 4) is 5.88 Å². The van der Waals surface area contributed by atoms with Crippen LogP contribution in [0.2, 0.25) is 0 Å². The number of aryl methyl sites for hydroxylation is 1. The molecule has 0 bridgehead atoms. The summed E-state index contributed by atoms with van der Waals surface area (Å²) in [6.45, 7) is 0. The first-order valence-electron chi connectivity index (χ1n) is 5.71. The number of hydrogen-bond donors (Lipinski definition) is 0. The van der Waals surface area contributed by atoms with Crippen LogP contribution in [0.5, 0.6) is 5.88 Å². The minimum Gasteiger partial charge on any atom is -0.481 e. The average molecular weight is 229 g/mol. The lowest BCUT2D eigenvalue weighted by Crippen LogP contribution is -1.96. The summed E-state index contributed by atoms with van der Waals surface area (Å²) >= 11 is 0.